The molecule has 0 N–H and O–H groups in total. The van der Waals surface area contributed by atoms with Gasteiger partial charge in [0.15, 0.2) is 11.8 Å². The maximum Gasteiger partial charge on any atom is 0.164 e. The monoisotopic (exact) mass is 307 g/mol. The van der Waals surface area contributed by atoms with E-state index in [-0.39, 0.29) is 18.0 Å². The fourth-order valence-electron chi connectivity index (χ4n) is 3.94. The first-order chi connectivity index (χ1) is 9.08. The zero-order valence-electron chi connectivity index (χ0n) is 11.9. The van der Waals surface area contributed by atoms with Crippen molar-refractivity contribution in [3.63, 3.8) is 0 Å². The van der Waals surface area contributed by atoms with Crippen molar-refractivity contribution in [1.29, 1.82) is 0 Å². The van der Waals surface area contributed by atoms with Crippen molar-refractivity contribution in [3.8, 4) is 0 Å². The Morgan fingerprint density at radius 1 is 1.30 bits per heavy atom. The maximum atomic E-state index is 9.08. The van der Waals surface area contributed by atoms with E-state index in [1.165, 1.54) is 12.8 Å². The molecular weight excluding hydrogens is 286 g/mol. The number of hydroxylamine groups is 3. The Morgan fingerprint density at radius 3 is 2.55 bits per heavy atom. The van der Waals surface area contributed by atoms with E-state index in [0.717, 1.165) is 17.7 Å². The third-order valence-electron chi connectivity index (χ3n) is 4.39. The number of rotatable bonds is 0. The van der Waals surface area contributed by atoms with Gasteiger partial charge in [-0.25, -0.2) is 8.42 Å². The van der Waals surface area contributed by atoms with Crippen LogP contribution >= 0.6 is 0 Å². The summed E-state index contributed by atoms with van der Waals surface area (Å²) < 4.78 is 40.0. The molecule has 116 valence electrons. The van der Waals surface area contributed by atoms with E-state index in [4.69, 9.17) is 27.3 Å². The van der Waals surface area contributed by atoms with Gasteiger partial charge in [-0.05, 0) is 13.8 Å². The summed E-state index contributed by atoms with van der Waals surface area (Å²) in [4.78, 5) is 6.07. The molecule has 1 spiro atoms. The van der Waals surface area contributed by atoms with Gasteiger partial charge in [-0.15, -0.1) is 0 Å². The van der Waals surface area contributed by atoms with Crippen LogP contribution in [0.25, 0.3) is 0 Å². The maximum absolute atomic E-state index is 9.08. The van der Waals surface area contributed by atoms with Crippen LogP contribution in [0.4, 0.5) is 0 Å². The van der Waals surface area contributed by atoms with Crippen LogP contribution in [0, 0.1) is 0 Å². The molecule has 20 heavy (non-hydrogen) atoms. The minimum absolute atomic E-state index is 0.254. The zero-order valence-corrected chi connectivity index (χ0v) is 12.8. The summed E-state index contributed by atoms with van der Waals surface area (Å²) in [5.41, 5.74) is 0. The smallest absolute Gasteiger partial charge is 0.164 e. The van der Waals surface area contributed by atoms with E-state index in [1.807, 2.05) is 13.8 Å². The first-order valence-electron chi connectivity index (χ1n) is 6.90. The van der Waals surface area contributed by atoms with Gasteiger partial charge < -0.3 is 14.0 Å². The molecule has 7 nitrogen and oxygen atoms in total. The lowest BCUT2D eigenvalue weighted by molar-refractivity contribution is -1.09. The molecule has 0 aromatic heterocycles. The molecule has 0 aliphatic carbocycles. The minimum atomic E-state index is -3.92. The molecule has 0 aromatic rings. The van der Waals surface area contributed by atoms with Crippen LogP contribution < -0.4 is 0 Å². The lowest BCUT2D eigenvalue weighted by Crippen LogP contribution is -2.49. The number of fused-ring (bicyclic) bond motifs is 3. The van der Waals surface area contributed by atoms with Crippen molar-refractivity contribution in [2.75, 3.05) is 19.3 Å². The molecule has 4 saturated heterocycles. The minimum Gasteiger partial charge on any atom is -0.748 e. The summed E-state index contributed by atoms with van der Waals surface area (Å²) in [6, 6.07) is 0.538. The summed E-state index contributed by atoms with van der Waals surface area (Å²) in [5.74, 6) is -0.386. The summed E-state index contributed by atoms with van der Waals surface area (Å²) in [5, 5.41) is 0. The Bertz CT molecular complexity index is 498. The van der Waals surface area contributed by atoms with Gasteiger partial charge in [-0.1, -0.05) is 0 Å². The highest BCUT2D eigenvalue weighted by atomic mass is 32.2. The van der Waals surface area contributed by atoms with E-state index in [9.17, 15) is 0 Å². The number of hydrogen-bond acceptors (Lipinski definition) is 6. The van der Waals surface area contributed by atoms with Gasteiger partial charge >= 0.3 is 0 Å². The molecule has 4 heterocycles. The molecule has 0 radical (unpaired) electrons. The second kappa shape index (κ2) is 4.37. The van der Waals surface area contributed by atoms with Crippen LogP contribution in [0.1, 0.15) is 26.7 Å². The van der Waals surface area contributed by atoms with Crippen molar-refractivity contribution >= 4 is 10.1 Å². The Hall–Kier alpha value is -0.250. The second-order valence-corrected chi connectivity index (χ2v) is 7.93. The molecular formula is C12H21NO6S. The van der Waals surface area contributed by atoms with Crippen molar-refractivity contribution in [2.24, 2.45) is 0 Å². The predicted molar refractivity (Wildman–Crippen MR) is 67.3 cm³/mol. The molecule has 4 rings (SSSR count). The quantitative estimate of drug-likeness (QED) is 0.462. The predicted octanol–water partition coefficient (Wildman–Crippen LogP) is -0.0255. The normalized spacial score (nSPS) is 47.6. The lowest BCUT2D eigenvalue weighted by atomic mass is 10.00. The van der Waals surface area contributed by atoms with E-state index in [2.05, 4.69) is 0 Å². The van der Waals surface area contributed by atoms with E-state index in [1.54, 1.807) is 0 Å². The second-order valence-electron chi connectivity index (χ2n) is 6.52. The average Bonchev–Trinajstić information content (AvgIpc) is 2.89. The third-order valence-corrected chi connectivity index (χ3v) is 4.39. The average molecular weight is 307 g/mol. The molecule has 2 bridgehead atoms. The summed E-state index contributed by atoms with van der Waals surface area (Å²) in [6.45, 7) is 6.18. The van der Waals surface area contributed by atoms with Gasteiger partial charge in [-0.3, -0.25) is 0 Å². The number of piperidine rings is 1. The molecule has 4 aliphatic heterocycles. The Kier molecular flexibility index (Phi) is 3.21. The molecule has 0 aromatic carbocycles. The number of nitrogens with zero attached hydrogens (tertiary/aromatic N) is 1. The number of ether oxygens (including phenoxy) is 2. The van der Waals surface area contributed by atoms with Crippen LogP contribution in [0.15, 0.2) is 0 Å². The highest BCUT2D eigenvalue weighted by Crippen LogP contribution is 2.50. The first kappa shape index (κ1) is 14.7. The molecule has 8 heteroatoms. The molecule has 4 aliphatic rings. The molecule has 0 amide bonds. The summed E-state index contributed by atoms with van der Waals surface area (Å²) in [7, 11) is -3.92. The van der Waals surface area contributed by atoms with Crippen LogP contribution in [0.5, 0.6) is 0 Å². The van der Waals surface area contributed by atoms with Crippen molar-refractivity contribution in [2.45, 2.75) is 56.8 Å². The van der Waals surface area contributed by atoms with Crippen LogP contribution in [0.3, 0.4) is 0 Å². The number of hydrogen-bond donors (Lipinski definition) is 0. The van der Waals surface area contributed by atoms with Crippen molar-refractivity contribution < 1.29 is 31.9 Å². The van der Waals surface area contributed by atoms with Gasteiger partial charge in [0, 0.05) is 19.1 Å². The largest absolute Gasteiger partial charge is 0.748 e. The van der Waals surface area contributed by atoms with Crippen LogP contribution in [-0.4, -0.2) is 67.1 Å². The van der Waals surface area contributed by atoms with Crippen molar-refractivity contribution in [3.05, 3.63) is 0 Å². The highest BCUT2D eigenvalue weighted by Gasteiger charge is 2.69. The fourth-order valence-corrected chi connectivity index (χ4v) is 3.94. The van der Waals surface area contributed by atoms with Crippen LogP contribution in [-0.2, 0) is 24.4 Å². The lowest BCUT2D eigenvalue weighted by Gasteiger charge is -2.31. The van der Waals surface area contributed by atoms with E-state index >= 15 is 0 Å². The summed E-state index contributed by atoms with van der Waals surface area (Å²) in [6.07, 6.45) is 4.00. The van der Waals surface area contributed by atoms with E-state index < -0.39 is 10.1 Å². The van der Waals surface area contributed by atoms with Crippen LogP contribution in [0.2, 0.25) is 0 Å². The molecule has 5 atom stereocenters. The summed E-state index contributed by atoms with van der Waals surface area (Å²) >= 11 is 0. The Morgan fingerprint density at radius 2 is 1.95 bits per heavy atom. The van der Waals surface area contributed by atoms with E-state index in [0.29, 0.717) is 18.4 Å². The highest BCUT2D eigenvalue weighted by molar-refractivity contribution is 7.84. The zero-order chi connectivity index (χ0) is 14.8. The van der Waals surface area contributed by atoms with Gasteiger partial charge in [0.25, 0.3) is 0 Å². The Labute approximate surface area is 119 Å². The fraction of sp³-hybridized carbons (Fsp3) is 1.00. The van der Waals surface area contributed by atoms with Gasteiger partial charge in [0.1, 0.15) is 31.4 Å². The van der Waals surface area contributed by atoms with Gasteiger partial charge in [0.2, 0.25) is 0 Å². The number of quaternary nitrogens is 1. The Balaban J connectivity index is 0.000000213. The van der Waals surface area contributed by atoms with Gasteiger partial charge in [0.05, 0.1) is 10.1 Å². The van der Waals surface area contributed by atoms with Crippen molar-refractivity contribution in [1.82, 2.24) is 0 Å². The third kappa shape index (κ3) is 2.60. The standard InChI is InChI=1S/C11H18NO3.CH4O3S/c1-11(2)13-9-6-12-4-3-7(15-12)5-8(12)10(9)14-11;1-5(2,3)4/h7-10H,3-6H2,1-2H3;1H3,(H,2,3,4)/q+1;/p-1/t7-,8+,9-,10+,12?;/m1./s1. The molecule has 1 unspecified atom stereocenters. The SMILES string of the molecule is CC1(C)O[C@@H]2[C@@H](C[N+]34CC[C@H](C[C@@H]23)O4)O1.CS(=O)(=O)[O-]. The first-order valence-corrected chi connectivity index (χ1v) is 8.71. The topological polar surface area (TPSA) is 84.9 Å². The van der Waals surface area contributed by atoms with Gasteiger partial charge in [-0.2, -0.15) is 9.48 Å². The molecule has 4 fully saturated rings. The molecule has 0 saturated carbocycles.